The third kappa shape index (κ3) is 9.06. The molecule has 6 heterocycles. The molecule has 0 unspecified atom stereocenters. The van der Waals surface area contributed by atoms with Crippen molar-refractivity contribution in [1.82, 2.24) is 47.6 Å². The normalized spacial score (nSPS) is 15.0. The summed E-state index contributed by atoms with van der Waals surface area (Å²) in [6.07, 6.45) is 3.91. The third-order valence-electron chi connectivity index (χ3n) is 12.9. The third-order valence-corrected chi connectivity index (χ3v) is 14.0. The first-order chi connectivity index (χ1) is 32.3. The van der Waals surface area contributed by atoms with Crippen molar-refractivity contribution in [3.63, 3.8) is 0 Å². The van der Waals surface area contributed by atoms with Crippen molar-refractivity contribution in [2.75, 3.05) is 33.2 Å². The molecule has 67 heavy (non-hydrogen) atoms. The van der Waals surface area contributed by atoms with Crippen molar-refractivity contribution in [1.29, 1.82) is 0 Å². The zero-order valence-corrected chi connectivity index (χ0v) is 40.2. The summed E-state index contributed by atoms with van der Waals surface area (Å²) in [6.45, 7) is 4.81. The smallest absolute Gasteiger partial charge is 0.317 e. The molecule has 0 aliphatic carbocycles. The highest BCUT2D eigenvalue weighted by Gasteiger charge is 2.28. The van der Waals surface area contributed by atoms with E-state index in [-0.39, 0.29) is 11.4 Å². The van der Waals surface area contributed by atoms with Gasteiger partial charge in [0.15, 0.2) is 22.3 Å². The summed E-state index contributed by atoms with van der Waals surface area (Å²) in [7, 11) is 5.14. The highest BCUT2D eigenvalue weighted by Crippen LogP contribution is 2.34. The van der Waals surface area contributed by atoms with Crippen LogP contribution in [0, 0.1) is 11.8 Å². The lowest BCUT2D eigenvalue weighted by Gasteiger charge is -2.29. The second-order valence-corrected chi connectivity index (χ2v) is 18.9. The van der Waals surface area contributed by atoms with Gasteiger partial charge in [0, 0.05) is 59.7 Å². The van der Waals surface area contributed by atoms with Crippen LogP contribution in [0.5, 0.6) is 0 Å². The molecule has 0 saturated carbocycles. The Morgan fingerprint density at radius 1 is 0.537 bits per heavy atom. The summed E-state index contributed by atoms with van der Waals surface area (Å²) in [6, 6.07) is 29.1. The van der Waals surface area contributed by atoms with Gasteiger partial charge in [-0.05, 0) is 144 Å². The molecule has 0 spiro atoms. The average molecular weight is 983 g/mol. The van der Waals surface area contributed by atoms with Crippen molar-refractivity contribution < 1.29 is 0 Å². The zero-order chi connectivity index (χ0) is 47.1. The topological polar surface area (TPSA) is 139 Å². The number of benzene rings is 4. The molecule has 2 aliphatic heterocycles. The summed E-state index contributed by atoms with van der Waals surface area (Å²) in [4.78, 5) is 65.3. The van der Waals surface area contributed by atoms with Crippen LogP contribution in [0.1, 0.15) is 25.7 Å². The minimum Gasteiger partial charge on any atom is -0.317 e. The molecule has 4 aromatic heterocycles. The summed E-state index contributed by atoms with van der Waals surface area (Å²) in [5.41, 5.74) is 2.66. The lowest BCUT2D eigenvalue weighted by atomic mass is 9.97. The SMILES string of the molecule is CN1CCC(Cn2c(=O)n(C)c(=O)c3c2nc(-c2ccccc2Cl)n3-c2ccc(Cl)cc2)CC1.Cn1c(=O)c2c(nc(-c3ccccc3Cl)n2-c2ccc(Cl)cc2)n(CC2CCNCC2)c1=O. The van der Waals surface area contributed by atoms with Gasteiger partial charge in [-0.1, -0.05) is 70.7 Å². The summed E-state index contributed by atoms with van der Waals surface area (Å²) in [5, 5.41) is 5.53. The standard InChI is InChI=1S/C25H25Cl2N5O2.C24H23Cl2N5O2/c1-29-13-11-16(12-14-29)15-31-23-21(24(33)30(2)25(31)34)32(18-9-7-17(26)8-10-18)22(28-23)19-5-3-4-6-20(19)27;1-29-23(32)20-22(30(24(29)33)14-15-10-12-27-13-11-15)28-21(18-4-2-3-5-19(18)26)31(20)17-8-6-16(25)7-9-17/h3-10,16H,11-15H2,1-2H3;2-9,15,27H,10-14H2,1H3. The van der Waals surface area contributed by atoms with Gasteiger partial charge in [-0.15, -0.1) is 0 Å². The van der Waals surface area contributed by atoms with E-state index < -0.39 is 11.1 Å². The number of nitrogens with one attached hydrogen (secondary N) is 1. The van der Waals surface area contributed by atoms with Gasteiger partial charge < -0.3 is 10.2 Å². The van der Waals surface area contributed by atoms with E-state index in [1.165, 1.54) is 18.7 Å². The Labute approximate surface area is 405 Å². The van der Waals surface area contributed by atoms with Gasteiger partial charge in [0.2, 0.25) is 0 Å². The lowest BCUT2D eigenvalue weighted by molar-refractivity contribution is 0.204. The van der Waals surface area contributed by atoms with E-state index in [1.807, 2.05) is 60.7 Å². The van der Waals surface area contributed by atoms with Crippen molar-refractivity contribution in [3.05, 3.63) is 159 Å². The largest absolute Gasteiger partial charge is 0.332 e. The molecule has 2 fully saturated rings. The minimum absolute atomic E-state index is 0.328. The van der Waals surface area contributed by atoms with Crippen molar-refractivity contribution in [3.8, 4) is 34.2 Å². The Hall–Kier alpha value is -5.74. The quantitative estimate of drug-likeness (QED) is 0.162. The summed E-state index contributed by atoms with van der Waals surface area (Å²) < 4.78 is 9.17. The second kappa shape index (κ2) is 19.5. The van der Waals surface area contributed by atoms with E-state index in [9.17, 15) is 19.2 Å². The van der Waals surface area contributed by atoms with Gasteiger partial charge in [0.25, 0.3) is 11.1 Å². The van der Waals surface area contributed by atoms with E-state index >= 15 is 0 Å². The van der Waals surface area contributed by atoms with Gasteiger partial charge in [-0.2, -0.15) is 0 Å². The fourth-order valence-corrected chi connectivity index (χ4v) is 9.79. The number of nitrogens with zero attached hydrogens (tertiary/aromatic N) is 9. The maximum absolute atomic E-state index is 13.5. The number of piperidine rings is 2. The minimum atomic E-state index is -0.405. The summed E-state index contributed by atoms with van der Waals surface area (Å²) >= 11 is 25.3. The molecule has 18 heteroatoms. The number of aromatic nitrogens is 8. The first-order valence-electron chi connectivity index (χ1n) is 22.2. The summed E-state index contributed by atoms with van der Waals surface area (Å²) in [5.74, 6) is 1.66. The number of hydrogen-bond donors (Lipinski definition) is 1. The lowest BCUT2D eigenvalue weighted by Crippen LogP contribution is -2.41. The molecule has 1 N–H and O–H groups in total. The molecule has 2 saturated heterocycles. The van der Waals surface area contributed by atoms with E-state index in [0.29, 0.717) is 101 Å². The van der Waals surface area contributed by atoms with Crippen LogP contribution in [-0.2, 0) is 27.2 Å². The molecule has 10 rings (SSSR count). The van der Waals surface area contributed by atoms with Crippen LogP contribution in [0.3, 0.4) is 0 Å². The van der Waals surface area contributed by atoms with Crippen LogP contribution in [0.15, 0.2) is 116 Å². The van der Waals surface area contributed by atoms with E-state index in [4.69, 9.17) is 56.4 Å². The monoisotopic (exact) mass is 980 g/mol. The first-order valence-corrected chi connectivity index (χ1v) is 23.7. The molecule has 346 valence electrons. The van der Waals surface area contributed by atoms with Gasteiger partial charge >= 0.3 is 11.4 Å². The molecule has 0 atom stereocenters. The number of likely N-dealkylation sites (tertiary alicyclic amines) is 1. The molecule has 0 radical (unpaired) electrons. The highest BCUT2D eigenvalue weighted by atomic mass is 35.5. The molecular formula is C49H48Cl4N10O4. The zero-order valence-electron chi connectivity index (χ0n) is 37.1. The number of fused-ring (bicyclic) bond motifs is 2. The van der Waals surface area contributed by atoms with Crippen LogP contribution in [0.4, 0.5) is 0 Å². The second-order valence-electron chi connectivity index (χ2n) is 17.3. The number of hydrogen-bond acceptors (Lipinski definition) is 8. The Morgan fingerprint density at radius 3 is 1.33 bits per heavy atom. The van der Waals surface area contributed by atoms with Crippen LogP contribution in [0.2, 0.25) is 20.1 Å². The molecule has 0 amide bonds. The van der Waals surface area contributed by atoms with Gasteiger partial charge in [0.05, 0.1) is 10.0 Å². The van der Waals surface area contributed by atoms with Crippen LogP contribution < -0.4 is 27.8 Å². The average Bonchev–Trinajstić information content (AvgIpc) is 3.93. The Balaban J connectivity index is 0.000000168. The number of halogens is 4. The highest BCUT2D eigenvalue weighted by molar-refractivity contribution is 6.33. The Morgan fingerprint density at radius 2 is 0.925 bits per heavy atom. The maximum Gasteiger partial charge on any atom is 0.332 e. The van der Waals surface area contributed by atoms with Crippen molar-refractivity contribution in [2.24, 2.45) is 25.9 Å². The van der Waals surface area contributed by atoms with Gasteiger partial charge in [-0.25, -0.2) is 19.6 Å². The van der Waals surface area contributed by atoms with Crippen LogP contribution in [-0.4, -0.2) is 75.5 Å². The van der Waals surface area contributed by atoms with E-state index in [0.717, 1.165) is 56.4 Å². The van der Waals surface area contributed by atoms with Crippen LogP contribution in [0.25, 0.3) is 56.5 Å². The van der Waals surface area contributed by atoms with Crippen molar-refractivity contribution >= 4 is 68.7 Å². The predicted octanol–water partition coefficient (Wildman–Crippen LogP) is 8.06. The molecule has 2 aliphatic rings. The van der Waals surface area contributed by atoms with Crippen LogP contribution >= 0.6 is 46.4 Å². The van der Waals surface area contributed by atoms with Gasteiger partial charge in [-0.3, -0.25) is 37.0 Å². The molecular weight excluding hydrogens is 934 g/mol. The predicted molar refractivity (Wildman–Crippen MR) is 268 cm³/mol. The molecule has 14 nitrogen and oxygen atoms in total. The number of imidazole rings is 2. The van der Waals surface area contributed by atoms with Gasteiger partial charge in [0.1, 0.15) is 11.6 Å². The molecule has 0 bridgehead atoms. The first kappa shape index (κ1) is 46.4. The van der Waals surface area contributed by atoms with E-state index in [2.05, 4.69) is 17.3 Å². The molecule has 8 aromatic rings. The fraction of sp³-hybridized carbons (Fsp3) is 0.306. The molecule has 4 aromatic carbocycles. The van der Waals surface area contributed by atoms with E-state index in [1.54, 1.807) is 54.7 Å². The Kier molecular flexibility index (Phi) is 13.5. The number of rotatable bonds is 8. The maximum atomic E-state index is 13.5. The Bertz CT molecular complexity index is 3380. The fourth-order valence-electron chi connectivity index (χ4n) is 9.10. The van der Waals surface area contributed by atoms with Crippen molar-refractivity contribution in [2.45, 2.75) is 38.8 Å².